The molecule has 1 aromatic heterocycles. The fourth-order valence-electron chi connectivity index (χ4n) is 3.98. The Bertz CT molecular complexity index is 1230. The molecule has 6 heteroatoms. The van der Waals surface area contributed by atoms with Crippen molar-refractivity contribution in [2.45, 2.75) is 18.9 Å². The van der Waals surface area contributed by atoms with Gasteiger partial charge in [0.25, 0.3) is 0 Å². The van der Waals surface area contributed by atoms with Crippen LogP contribution < -0.4 is 14.8 Å². The number of benzene rings is 3. The molecule has 3 aromatic carbocycles. The highest BCUT2D eigenvalue weighted by atomic mass is 19.1. The number of ether oxygens (including phenoxy) is 2. The number of halogens is 1. The zero-order chi connectivity index (χ0) is 21.2. The van der Waals surface area contributed by atoms with Crippen molar-refractivity contribution in [1.82, 2.24) is 10.3 Å². The van der Waals surface area contributed by atoms with E-state index in [2.05, 4.69) is 16.4 Å². The summed E-state index contributed by atoms with van der Waals surface area (Å²) in [6, 6.07) is 20.0. The van der Waals surface area contributed by atoms with Gasteiger partial charge in [-0.1, -0.05) is 36.4 Å². The SMILES string of the molecule is O=C(C[C@H](c1ccc2c(c1)OCO2)c1c[nH]c2ccccc12)NCc1ccc(F)cc1. The monoisotopic (exact) mass is 416 g/mol. The minimum Gasteiger partial charge on any atom is -0.454 e. The summed E-state index contributed by atoms with van der Waals surface area (Å²) in [5, 5.41) is 4.03. The number of H-pyrrole nitrogens is 1. The molecule has 0 bridgehead atoms. The first-order valence-electron chi connectivity index (χ1n) is 10.1. The summed E-state index contributed by atoms with van der Waals surface area (Å²) in [4.78, 5) is 16.2. The molecule has 1 aliphatic heterocycles. The van der Waals surface area contributed by atoms with E-state index in [-0.39, 0.29) is 30.9 Å². The predicted octanol–water partition coefficient (Wildman–Crippen LogP) is 4.87. The second kappa shape index (κ2) is 8.14. The molecule has 0 spiro atoms. The topological polar surface area (TPSA) is 63.4 Å². The van der Waals surface area contributed by atoms with Gasteiger partial charge in [0, 0.05) is 36.0 Å². The van der Waals surface area contributed by atoms with Crippen LogP contribution in [0, 0.1) is 5.82 Å². The second-order valence-corrected chi connectivity index (χ2v) is 7.56. The number of carbonyl (C=O) groups excluding carboxylic acids is 1. The van der Waals surface area contributed by atoms with Crippen LogP contribution in [-0.4, -0.2) is 17.7 Å². The molecule has 0 fully saturated rings. The first-order chi connectivity index (χ1) is 15.2. The summed E-state index contributed by atoms with van der Waals surface area (Å²) < 4.78 is 24.1. The van der Waals surface area contributed by atoms with Gasteiger partial charge in [0.1, 0.15) is 5.82 Å². The molecule has 5 nitrogen and oxygen atoms in total. The van der Waals surface area contributed by atoms with Crippen LogP contribution in [0.2, 0.25) is 0 Å². The quantitative estimate of drug-likeness (QED) is 0.471. The van der Waals surface area contributed by atoms with Gasteiger partial charge in [-0.05, 0) is 47.0 Å². The van der Waals surface area contributed by atoms with Crippen LogP contribution in [0.5, 0.6) is 11.5 Å². The van der Waals surface area contributed by atoms with Crippen LogP contribution in [0.15, 0.2) is 72.9 Å². The lowest BCUT2D eigenvalue weighted by Gasteiger charge is -2.18. The van der Waals surface area contributed by atoms with Crippen LogP contribution in [0.25, 0.3) is 10.9 Å². The lowest BCUT2D eigenvalue weighted by atomic mass is 9.87. The fraction of sp³-hybridized carbons (Fsp3) is 0.160. The number of carbonyl (C=O) groups is 1. The third kappa shape index (κ3) is 3.97. The molecule has 0 aliphatic carbocycles. The average molecular weight is 416 g/mol. The zero-order valence-electron chi connectivity index (χ0n) is 16.7. The molecule has 0 radical (unpaired) electrons. The number of nitrogens with one attached hydrogen (secondary N) is 2. The molecule has 5 rings (SSSR count). The van der Waals surface area contributed by atoms with Gasteiger partial charge in [0.05, 0.1) is 0 Å². The molecule has 0 saturated heterocycles. The standard InChI is InChI=1S/C25H21FN2O3/c26-18-8-5-16(6-9-18)13-28-25(29)12-20(17-7-10-23-24(11-17)31-15-30-23)21-14-27-22-4-2-1-3-19(21)22/h1-11,14,20,27H,12-13,15H2,(H,28,29)/t20-/m1/s1. The molecule has 0 saturated carbocycles. The van der Waals surface area contributed by atoms with Crippen molar-refractivity contribution in [3.05, 3.63) is 95.4 Å². The molecule has 1 aliphatic rings. The van der Waals surface area contributed by atoms with E-state index in [4.69, 9.17) is 9.47 Å². The Morgan fingerprint density at radius 3 is 2.71 bits per heavy atom. The zero-order valence-corrected chi connectivity index (χ0v) is 16.7. The van der Waals surface area contributed by atoms with Crippen LogP contribution in [0.4, 0.5) is 4.39 Å². The minimum absolute atomic E-state index is 0.0859. The Kier molecular flexibility index (Phi) is 5.04. The Labute approximate surface area is 178 Å². The predicted molar refractivity (Wildman–Crippen MR) is 116 cm³/mol. The summed E-state index contributed by atoms with van der Waals surface area (Å²) >= 11 is 0. The third-order valence-electron chi connectivity index (χ3n) is 5.59. The van der Waals surface area contributed by atoms with Gasteiger partial charge in [-0.15, -0.1) is 0 Å². The Morgan fingerprint density at radius 1 is 1.03 bits per heavy atom. The Balaban J connectivity index is 1.42. The van der Waals surface area contributed by atoms with Gasteiger partial charge in [-0.3, -0.25) is 4.79 Å². The van der Waals surface area contributed by atoms with Crippen molar-refractivity contribution in [1.29, 1.82) is 0 Å². The number of fused-ring (bicyclic) bond motifs is 2. The first kappa shape index (κ1) is 19.2. The summed E-state index contributed by atoms with van der Waals surface area (Å²) in [6.45, 7) is 0.551. The minimum atomic E-state index is -0.294. The summed E-state index contributed by atoms with van der Waals surface area (Å²) in [5.41, 5.74) is 3.90. The Morgan fingerprint density at radius 2 is 1.84 bits per heavy atom. The Hall–Kier alpha value is -3.80. The maximum Gasteiger partial charge on any atom is 0.231 e. The lowest BCUT2D eigenvalue weighted by molar-refractivity contribution is -0.121. The van der Waals surface area contributed by atoms with E-state index in [0.29, 0.717) is 18.0 Å². The molecule has 2 heterocycles. The molecule has 2 N–H and O–H groups in total. The third-order valence-corrected chi connectivity index (χ3v) is 5.59. The van der Waals surface area contributed by atoms with Crippen molar-refractivity contribution in [3.63, 3.8) is 0 Å². The number of amides is 1. The van der Waals surface area contributed by atoms with Gasteiger partial charge in [-0.25, -0.2) is 4.39 Å². The summed E-state index contributed by atoms with van der Waals surface area (Å²) in [6.07, 6.45) is 2.23. The fourth-order valence-corrected chi connectivity index (χ4v) is 3.98. The smallest absolute Gasteiger partial charge is 0.231 e. The van der Waals surface area contributed by atoms with Crippen LogP contribution in [0.3, 0.4) is 0 Å². The van der Waals surface area contributed by atoms with E-state index in [1.165, 1.54) is 12.1 Å². The molecule has 0 unspecified atom stereocenters. The van der Waals surface area contributed by atoms with E-state index in [0.717, 1.165) is 27.6 Å². The number of hydrogen-bond donors (Lipinski definition) is 2. The normalized spacial score (nSPS) is 13.3. The lowest BCUT2D eigenvalue weighted by Crippen LogP contribution is -2.25. The first-order valence-corrected chi connectivity index (χ1v) is 10.1. The maximum absolute atomic E-state index is 13.1. The molecule has 1 amide bonds. The highest BCUT2D eigenvalue weighted by Gasteiger charge is 2.24. The number of aromatic nitrogens is 1. The highest BCUT2D eigenvalue weighted by Crippen LogP contribution is 2.39. The van der Waals surface area contributed by atoms with Crippen molar-refractivity contribution in [3.8, 4) is 11.5 Å². The largest absolute Gasteiger partial charge is 0.454 e. The second-order valence-electron chi connectivity index (χ2n) is 7.56. The van der Waals surface area contributed by atoms with Crippen LogP contribution >= 0.6 is 0 Å². The number of rotatable bonds is 6. The van der Waals surface area contributed by atoms with Crippen LogP contribution in [0.1, 0.15) is 29.0 Å². The number of para-hydroxylation sites is 1. The van der Waals surface area contributed by atoms with Gasteiger partial charge in [0.2, 0.25) is 12.7 Å². The van der Waals surface area contributed by atoms with E-state index in [1.807, 2.05) is 42.6 Å². The molecule has 4 aromatic rings. The molecular formula is C25H21FN2O3. The summed E-state index contributed by atoms with van der Waals surface area (Å²) in [7, 11) is 0. The summed E-state index contributed by atoms with van der Waals surface area (Å²) in [5.74, 6) is 0.852. The van der Waals surface area contributed by atoms with Gasteiger partial charge >= 0.3 is 0 Å². The number of hydrogen-bond acceptors (Lipinski definition) is 3. The van der Waals surface area contributed by atoms with E-state index < -0.39 is 0 Å². The maximum atomic E-state index is 13.1. The van der Waals surface area contributed by atoms with Gasteiger partial charge < -0.3 is 19.8 Å². The molecule has 31 heavy (non-hydrogen) atoms. The molecule has 156 valence electrons. The number of aromatic amines is 1. The van der Waals surface area contributed by atoms with Crippen molar-refractivity contribution >= 4 is 16.8 Å². The molecular weight excluding hydrogens is 395 g/mol. The highest BCUT2D eigenvalue weighted by molar-refractivity contribution is 5.86. The van der Waals surface area contributed by atoms with Gasteiger partial charge in [-0.2, -0.15) is 0 Å². The van der Waals surface area contributed by atoms with Crippen molar-refractivity contribution < 1.29 is 18.7 Å². The van der Waals surface area contributed by atoms with Crippen molar-refractivity contribution in [2.24, 2.45) is 0 Å². The average Bonchev–Trinajstić information content (AvgIpc) is 3.43. The van der Waals surface area contributed by atoms with E-state index in [9.17, 15) is 9.18 Å². The van der Waals surface area contributed by atoms with Gasteiger partial charge in [0.15, 0.2) is 11.5 Å². The van der Waals surface area contributed by atoms with E-state index in [1.54, 1.807) is 12.1 Å². The van der Waals surface area contributed by atoms with E-state index >= 15 is 0 Å². The van der Waals surface area contributed by atoms with Crippen molar-refractivity contribution in [2.75, 3.05) is 6.79 Å². The molecule has 1 atom stereocenters. The van der Waals surface area contributed by atoms with Crippen LogP contribution in [-0.2, 0) is 11.3 Å².